The highest BCUT2D eigenvalue weighted by Crippen LogP contribution is 2.26. The topological polar surface area (TPSA) is 54.0 Å². The van der Waals surface area contributed by atoms with Gasteiger partial charge in [-0.2, -0.15) is 0 Å². The van der Waals surface area contributed by atoms with Crippen molar-refractivity contribution in [1.29, 1.82) is 0 Å². The van der Waals surface area contributed by atoms with E-state index in [1.807, 2.05) is 30.3 Å². The minimum absolute atomic E-state index is 0.240. The molecule has 2 aromatic carbocycles. The first-order valence-corrected chi connectivity index (χ1v) is 10.2. The number of methoxy groups -OCH3 is 1. The molecule has 0 bridgehead atoms. The lowest BCUT2D eigenvalue weighted by Crippen LogP contribution is -2.46. The zero-order valence-electron chi connectivity index (χ0n) is 17.6. The Morgan fingerprint density at radius 1 is 1.07 bits per heavy atom. The third-order valence-electron chi connectivity index (χ3n) is 5.51. The Labute approximate surface area is 173 Å². The summed E-state index contributed by atoms with van der Waals surface area (Å²) < 4.78 is 10.9. The predicted octanol–water partition coefficient (Wildman–Crippen LogP) is 3.61. The Morgan fingerprint density at radius 2 is 1.76 bits per heavy atom. The summed E-state index contributed by atoms with van der Waals surface area (Å²) in [5, 5.41) is 2.56. The monoisotopic (exact) mass is 397 g/mol. The van der Waals surface area contributed by atoms with Crippen molar-refractivity contribution >= 4 is 11.8 Å². The molecule has 0 aromatic heterocycles. The standard InChI is InChI=1S/C23H31N3O3/c1-18-6-4-5-7-21(18)22(29-23(27)24-2)12-13-25-14-16-26(17-15-25)19-8-10-20(28-3)11-9-19/h4-11,22H,12-17H2,1-3H3,(H,24,27). The van der Waals surface area contributed by atoms with Crippen molar-refractivity contribution in [1.82, 2.24) is 10.2 Å². The number of hydrogen-bond acceptors (Lipinski definition) is 5. The van der Waals surface area contributed by atoms with Gasteiger partial charge in [0.15, 0.2) is 0 Å². The Balaban J connectivity index is 1.55. The number of carbonyl (C=O) groups excluding carboxylic acids is 1. The number of nitrogens with zero attached hydrogens (tertiary/aromatic N) is 2. The maximum absolute atomic E-state index is 11.8. The summed E-state index contributed by atoms with van der Waals surface area (Å²) in [6, 6.07) is 16.3. The lowest BCUT2D eigenvalue weighted by atomic mass is 10.0. The van der Waals surface area contributed by atoms with Crippen LogP contribution in [0.4, 0.5) is 10.5 Å². The first-order valence-electron chi connectivity index (χ1n) is 10.2. The molecule has 6 heteroatoms. The van der Waals surface area contributed by atoms with Gasteiger partial charge in [0, 0.05) is 51.9 Å². The normalized spacial score (nSPS) is 15.6. The first-order chi connectivity index (χ1) is 14.1. The number of hydrogen-bond donors (Lipinski definition) is 1. The summed E-state index contributed by atoms with van der Waals surface area (Å²) in [7, 11) is 3.28. The van der Waals surface area contributed by atoms with Crippen LogP contribution in [0.5, 0.6) is 5.75 Å². The number of benzene rings is 2. The van der Waals surface area contributed by atoms with E-state index in [1.165, 1.54) is 5.69 Å². The first kappa shape index (κ1) is 21.0. The Bertz CT molecular complexity index is 786. The molecule has 0 aliphatic carbocycles. The molecule has 1 atom stereocenters. The van der Waals surface area contributed by atoms with E-state index in [2.05, 4.69) is 40.2 Å². The second-order valence-electron chi connectivity index (χ2n) is 7.32. The van der Waals surface area contributed by atoms with Crippen LogP contribution in [0.1, 0.15) is 23.7 Å². The van der Waals surface area contributed by atoms with Crippen LogP contribution >= 0.6 is 0 Å². The highest BCUT2D eigenvalue weighted by molar-refractivity contribution is 5.67. The van der Waals surface area contributed by atoms with Gasteiger partial charge in [0.05, 0.1) is 7.11 Å². The van der Waals surface area contributed by atoms with Crippen molar-refractivity contribution in [3.63, 3.8) is 0 Å². The summed E-state index contributed by atoms with van der Waals surface area (Å²) in [5.74, 6) is 0.880. The van der Waals surface area contributed by atoms with Crippen LogP contribution in [0.25, 0.3) is 0 Å². The van der Waals surface area contributed by atoms with Crippen LogP contribution in [0, 0.1) is 6.92 Å². The lowest BCUT2D eigenvalue weighted by molar-refractivity contribution is 0.0846. The van der Waals surface area contributed by atoms with E-state index in [-0.39, 0.29) is 12.2 Å². The summed E-state index contributed by atoms with van der Waals surface area (Å²) in [5.41, 5.74) is 3.45. The molecule has 1 aliphatic rings. The van der Waals surface area contributed by atoms with Gasteiger partial charge in [-0.1, -0.05) is 24.3 Å². The number of ether oxygens (including phenoxy) is 2. The fourth-order valence-electron chi connectivity index (χ4n) is 3.74. The average molecular weight is 398 g/mol. The summed E-state index contributed by atoms with van der Waals surface area (Å²) >= 11 is 0. The number of alkyl carbamates (subject to hydrolysis) is 1. The zero-order chi connectivity index (χ0) is 20.6. The van der Waals surface area contributed by atoms with Gasteiger partial charge in [-0.05, 0) is 42.3 Å². The molecule has 29 heavy (non-hydrogen) atoms. The van der Waals surface area contributed by atoms with E-state index in [9.17, 15) is 4.79 Å². The molecule has 0 saturated carbocycles. The maximum atomic E-state index is 11.8. The Morgan fingerprint density at radius 3 is 2.38 bits per heavy atom. The van der Waals surface area contributed by atoms with Gasteiger partial charge in [0.1, 0.15) is 11.9 Å². The number of anilines is 1. The number of piperazine rings is 1. The fraction of sp³-hybridized carbons (Fsp3) is 0.435. The zero-order valence-corrected chi connectivity index (χ0v) is 17.6. The highest BCUT2D eigenvalue weighted by Gasteiger charge is 2.22. The molecule has 0 spiro atoms. The van der Waals surface area contributed by atoms with Crippen LogP contribution in [0.2, 0.25) is 0 Å². The second-order valence-corrected chi connectivity index (χ2v) is 7.32. The summed E-state index contributed by atoms with van der Waals surface area (Å²) in [6.45, 7) is 6.91. The van der Waals surface area contributed by atoms with Crippen LogP contribution in [0.15, 0.2) is 48.5 Å². The van der Waals surface area contributed by atoms with Gasteiger partial charge in [0.2, 0.25) is 0 Å². The van der Waals surface area contributed by atoms with E-state index in [4.69, 9.17) is 9.47 Å². The van der Waals surface area contributed by atoms with Crippen LogP contribution < -0.4 is 15.0 Å². The largest absolute Gasteiger partial charge is 0.497 e. The van der Waals surface area contributed by atoms with E-state index in [1.54, 1.807) is 14.2 Å². The molecule has 1 saturated heterocycles. The Hall–Kier alpha value is -2.73. The molecule has 1 aliphatic heterocycles. The lowest BCUT2D eigenvalue weighted by Gasteiger charge is -2.36. The summed E-state index contributed by atoms with van der Waals surface area (Å²) in [4.78, 5) is 16.7. The SMILES string of the molecule is CNC(=O)OC(CCN1CCN(c2ccc(OC)cc2)CC1)c1ccccc1C. The van der Waals surface area contributed by atoms with Gasteiger partial charge in [-0.3, -0.25) is 4.90 Å². The molecule has 1 fully saturated rings. The molecule has 1 amide bonds. The van der Waals surface area contributed by atoms with Gasteiger partial charge >= 0.3 is 6.09 Å². The van der Waals surface area contributed by atoms with E-state index in [0.29, 0.717) is 0 Å². The molecule has 1 heterocycles. The molecule has 0 radical (unpaired) electrons. The third kappa shape index (κ3) is 5.64. The number of amides is 1. The smallest absolute Gasteiger partial charge is 0.407 e. The molecule has 1 N–H and O–H groups in total. The number of carbonyl (C=O) groups is 1. The van der Waals surface area contributed by atoms with Gasteiger partial charge in [-0.15, -0.1) is 0 Å². The van der Waals surface area contributed by atoms with Crippen LogP contribution in [-0.2, 0) is 4.74 Å². The summed E-state index contributed by atoms with van der Waals surface area (Å²) in [6.07, 6.45) is 0.152. The fourth-order valence-corrected chi connectivity index (χ4v) is 3.74. The van der Waals surface area contributed by atoms with Gasteiger partial charge in [-0.25, -0.2) is 4.79 Å². The average Bonchev–Trinajstić information content (AvgIpc) is 2.77. The quantitative estimate of drug-likeness (QED) is 0.773. The predicted molar refractivity (Wildman–Crippen MR) is 116 cm³/mol. The minimum atomic E-state index is -0.387. The van der Waals surface area contributed by atoms with Gasteiger partial charge < -0.3 is 19.7 Å². The van der Waals surface area contributed by atoms with Crippen molar-refractivity contribution in [2.45, 2.75) is 19.4 Å². The van der Waals surface area contributed by atoms with E-state index in [0.717, 1.165) is 56.0 Å². The van der Waals surface area contributed by atoms with Crippen molar-refractivity contribution in [3.05, 3.63) is 59.7 Å². The van der Waals surface area contributed by atoms with Crippen LogP contribution in [0.3, 0.4) is 0 Å². The number of aryl methyl sites for hydroxylation is 1. The molecule has 1 unspecified atom stereocenters. The minimum Gasteiger partial charge on any atom is -0.497 e. The Kier molecular flexibility index (Phi) is 7.36. The number of nitrogens with one attached hydrogen (secondary N) is 1. The molecule has 6 nitrogen and oxygen atoms in total. The van der Waals surface area contributed by atoms with Gasteiger partial charge in [0.25, 0.3) is 0 Å². The molecule has 156 valence electrons. The van der Waals surface area contributed by atoms with E-state index < -0.39 is 0 Å². The van der Waals surface area contributed by atoms with E-state index >= 15 is 0 Å². The maximum Gasteiger partial charge on any atom is 0.407 e. The molecule has 3 rings (SSSR count). The van der Waals surface area contributed by atoms with Crippen molar-refractivity contribution in [3.8, 4) is 5.75 Å². The highest BCUT2D eigenvalue weighted by atomic mass is 16.6. The molecular formula is C23H31N3O3. The van der Waals surface area contributed by atoms with Crippen LogP contribution in [-0.4, -0.2) is 57.9 Å². The van der Waals surface area contributed by atoms with Crippen molar-refractivity contribution in [2.24, 2.45) is 0 Å². The number of rotatable bonds is 7. The molecular weight excluding hydrogens is 366 g/mol. The molecule has 2 aromatic rings. The van der Waals surface area contributed by atoms with Crippen molar-refractivity contribution in [2.75, 3.05) is 51.8 Å². The second kappa shape index (κ2) is 10.2. The van der Waals surface area contributed by atoms with Crippen molar-refractivity contribution < 1.29 is 14.3 Å². The third-order valence-corrected chi connectivity index (χ3v) is 5.51.